The molecule has 0 unspecified atom stereocenters. The second-order valence-corrected chi connectivity index (χ2v) is 4.77. The minimum Gasteiger partial charge on any atom is -0.377 e. The molecule has 0 radical (unpaired) electrons. The van der Waals surface area contributed by atoms with Crippen molar-refractivity contribution in [3.05, 3.63) is 35.4 Å². The number of nitrogens with one attached hydrogen (secondary N) is 1. The van der Waals surface area contributed by atoms with Gasteiger partial charge in [0.25, 0.3) is 0 Å². The van der Waals surface area contributed by atoms with Crippen molar-refractivity contribution < 1.29 is 4.74 Å². The van der Waals surface area contributed by atoms with E-state index in [9.17, 15) is 0 Å². The molecule has 0 aliphatic carbocycles. The van der Waals surface area contributed by atoms with Crippen LogP contribution in [-0.2, 0) is 17.9 Å². The van der Waals surface area contributed by atoms with Crippen molar-refractivity contribution in [2.75, 3.05) is 13.2 Å². The van der Waals surface area contributed by atoms with Gasteiger partial charge in [0.05, 0.1) is 6.61 Å². The molecule has 0 spiro atoms. The van der Waals surface area contributed by atoms with Gasteiger partial charge in [0.15, 0.2) is 0 Å². The second kappa shape index (κ2) is 8.26. The van der Waals surface area contributed by atoms with Crippen molar-refractivity contribution in [1.29, 1.82) is 0 Å². The summed E-state index contributed by atoms with van der Waals surface area (Å²) in [6, 6.07) is 8.49. The molecule has 0 aliphatic rings. The fourth-order valence-corrected chi connectivity index (χ4v) is 1.70. The van der Waals surface area contributed by atoms with Crippen molar-refractivity contribution in [3.63, 3.8) is 0 Å². The lowest BCUT2D eigenvalue weighted by Gasteiger charge is -2.11. The van der Waals surface area contributed by atoms with E-state index < -0.39 is 0 Å². The zero-order chi connectivity index (χ0) is 12.5. The summed E-state index contributed by atoms with van der Waals surface area (Å²) in [4.78, 5) is 0. The number of hydrogen-bond donors (Lipinski definition) is 1. The molecule has 0 saturated heterocycles. The summed E-state index contributed by atoms with van der Waals surface area (Å²) in [5, 5.41) is 3.49. The summed E-state index contributed by atoms with van der Waals surface area (Å²) in [6.07, 6.45) is 1.23. The van der Waals surface area contributed by atoms with Crippen LogP contribution in [0.25, 0.3) is 0 Å². The van der Waals surface area contributed by atoms with Crippen LogP contribution in [0.5, 0.6) is 0 Å². The first-order valence-electron chi connectivity index (χ1n) is 6.59. The van der Waals surface area contributed by atoms with Gasteiger partial charge in [0, 0.05) is 13.2 Å². The predicted octanol–water partition coefficient (Wildman–Crippen LogP) is 3.36. The van der Waals surface area contributed by atoms with Gasteiger partial charge in [-0.3, -0.25) is 0 Å². The topological polar surface area (TPSA) is 21.3 Å². The van der Waals surface area contributed by atoms with Crippen LogP contribution in [0.15, 0.2) is 24.3 Å². The molecule has 2 nitrogen and oxygen atoms in total. The van der Waals surface area contributed by atoms with Gasteiger partial charge in [-0.1, -0.05) is 38.1 Å². The Kier molecular flexibility index (Phi) is 6.90. The molecule has 0 heterocycles. The third kappa shape index (κ3) is 5.85. The predicted molar refractivity (Wildman–Crippen MR) is 72.9 cm³/mol. The van der Waals surface area contributed by atoms with Gasteiger partial charge in [-0.05, 0) is 36.9 Å². The third-order valence-corrected chi connectivity index (χ3v) is 2.79. The van der Waals surface area contributed by atoms with Gasteiger partial charge in [-0.15, -0.1) is 0 Å². The molecule has 0 aliphatic heterocycles. The van der Waals surface area contributed by atoms with Crippen LogP contribution < -0.4 is 5.32 Å². The Morgan fingerprint density at radius 1 is 1.18 bits per heavy atom. The fourth-order valence-electron chi connectivity index (χ4n) is 1.70. The normalized spacial score (nSPS) is 11.1. The Labute approximate surface area is 105 Å². The van der Waals surface area contributed by atoms with E-state index in [1.165, 1.54) is 17.5 Å². The van der Waals surface area contributed by atoms with Crippen molar-refractivity contribution >= 4 is 0 Å². The van der Waals surface area contributed by atoms with E-state index in [4.69, 9.17) is 4.74 Å². The molecular formula is C15H25NO. The van der Waals surface area contributed by atoms with Crippen LogP contribution in [0.2, 0.25) is 0 Å². The summed E-state index contributed by atoms with van der Waals surface area (Å²) < 4.78 is 5.48. The van der Waals surface area contributed by atoms with Gasteiger partial charge in [0.2, 0.25) is 0 Å². The highest BCUT2D eigenvalue weighted by atomic mass is 16.5. The molecule has 2 heteroatoms. The van der Waals surface area contributed by atoms with Crippen molar-refractivity contribution in [2.45, 2.75) is 40.3 Å². The Bertz CT molecular complexity index is 310. The Balaban J connectivity index is 2.40. The summed E-state index contributed by atoms with van der Waals surface area (Å²) in [5.74, 6) is 0.765. The van der Waals surface area contributed by atoms with E-state index in [0.29, 0.717) is 0 Å². The van der Waals surface area contributed by atoms with Crippen molar-refractivity contribution in [2.24, 2.45) is 5.92 Å². The first-order chi connectivity index (χ1) is 8.24. The third-order valence-electron chi connectivity index (χ3n) is 2.79. The molecule has 17 heavy (non-hydrogen) atoms. The largest absolute Gasteiger partial charge is 0.377 e. The number of rotatable bonds is 8. The van der Waals surface area contributed by atoms with E-state index in [0.717, 1.165) is 32.2 Å². The lowest BCUT2D eigenvalue weighted by atomic mass is 10.1. The smallest absolute Gasteiger partial charge is 0.0719 e. The first-order valence-corrected chi connectivity index (χ1v) is 6.59. The Hall–Kier alpha value is -0.860. The van der Waals surface area contributed by atoms with Crippen molar-refractivity contribution in [1.82, 2.24) is 5.32 Å². The fraction of sp³-hybridized carbons (Fsp3) is 0.600. The minimum atomic E-state index is 0.721. The van der Waals surface area contributed by atoms with Crippen LogP contribution in [-0.4, -0.2) is 13.2 Å². The molecule has 0 saturated carbocycles. The van der Waals surface area contributed by atoms with Gasteiger partial charge in [0.1, 0.15) is 0 Å². The highest BCUT2D eigenvalue weighted by Gasteiger charge is 2.01. The maximum Gasteiger partial charge on any atom is 0.0719 e. The van der Waals surface area contributed by atoms with Crippen LogP contribution in [0.4, 0.5) is 0 Å². The zero-order valence-corrected chi connectivity index (χ0v) is 11.3. The maximum absolute atomic E-state index is 5.48. The van der Waals surface area contributed by atoms with Crippen molar-refractivity contribution in [3.8, 4) is 0 Å². The van der Waals surface area contributed by atoms with E-state index in [-0.39, 0.29) is 0 Å². The molecule has 0 atom stereocenters. The summed E-state index contributed by atoms with van der Waals surface area (Å²) >= 11 is 0. The van der Waals surface area contributed by atoms with Gasteiger partial charge in [-0.25, -0.2) is 0 Å². The molecule has 96 valence electrons. The number of ether oxygens (including phenoxy) is 1. The maximum atomic E-state index is 5.48. The quantitative estimate of drug-likeness (QED) is 0.698. The molecule has 0 amide bonds. The molecule has 0 fully saturated rings. The minimum absolute atomic E-state index is 0.721. The monoisotopic (exact) mass is 235 g/mol. The second-order valence-electron chi connectivity index (χ2n) is 4.77. The molecule has 0 bridgehead atoms. The van der Waals surface area contributed by atoms with E-state index in [2.05, 4.69) is 43.4 Å². The van der Waals surface area contributed by atoms with Crippen LogP contribution in [0.3, 0.4) is 0 Å². The summed E-state index contributed by atoms with van der Waals surface area (Å²) in [7, 11) is 0. The number of hydrogen-bond acceptors (Lipinski definition) is 2. The highest BCUT2D eigenvalue weighted by molar-refractivity contribution is 5.26. The van der Waals surface area contributed by atoms with Crippen LogP contribution in [0, 0.1) is 5.92 Å². The molecular weight excluding hydrogens is 210 g/mol. The molecule has 0 aromatic heterocycles. The molecule has 1 aromatic carbocycles. The SMILES string of the molecule is CCOCc1ccccc1CNCCC(C)C. The van der Waals surface area contributed by atoms with E-state index >= 15 is 0 Å². The first kappa shape index (κ1) is 14.2. The molecule has 1 aromatic rings. The average molecular weight is 235 g/mol. The molecule has 1 rings (SSSR count). The summed E-state index contributed by atoms with van der Waals surface area (Å²) in [6.45, 7) is 10.1. The Morgan fingerprint density at radius 3 is 2.53 bits per heavy atom. The van der Waals surface area contributed by atoms with Gasteiger partial charge >= 0.3 is 0 Å². The zero-order valence-electron chi connectivity index (χ0n) is 11.3. The van der Waals surface area contributed by atoms with Gasteiger partial charge < -0.3 is 10.1 Å². The highest BCUT2D eigenvalue weighted by Crippen LogP contribution is 2.10. The standard InChI is InChI=1S/C15H25NO/c1-4-17-12-15-8-6-5-7-14(15)11-16-10-9-13(2)3/h5-8,13,16H,4,9-12H2,1-3H3. The number of benzene rings is 1. The van der Waals surface area contributed by atoms with E-state index in [1.54, 1.807) is 0 Å². The van der Waals surface area contributed by atoms with Gasteiger partial charge in [-0.2, -0.15) is 0 Å². The Morgan fingerprint density at radius 2 is 1.88 bits per heavy atom. The lowest BCUT2D eigenvalue weighted by Crippen LogP contribution is -2.17. The van der Waals surface area contributed by atoms with Crippen LogP contribution >= 0.6 is 0 Å². The lowest BCUT2D eigenvalue weighted by molar-refractivity contribution is 0.133. The average Bonchev–Trinajstić information content (AvgIpc) is 2.33. The summed E-state index contributed by atoms with van der Waals surface area (Å²) in [5.41, 5.74) is 2.65. The van der Waals surface area contributed by atoms with Crippen LogP contribution in [0.1, 0.15) is 38.3 Å². The molecule has 1 N–H and O–H groups in total. The van der Waals surface area contributed by atoms with E-state index in [1.807, 2.05) is 6.92 Å².